The summed E-state index contributed by atoms with van der Waals surface area (Å²) in [6.07, 6.45) is 0.272. The van der Waals surface area contributed by atoms with Gasteiger partial charge in [0.25, 0.3) is 5.91 Å². The number of aryl methyl sites for hydroxylation is 1. The Kier molecular flexibility index (Phi) is 8.18. The van der Waals surface area contributed by atoms with E-state index in [0.717, 1.165) is 11.3 Å². The summed E-state index contributed by atoms with van der Waals surface area (Å²) in [5.74, 6) is -0.163. The monoisotopic (exact) mass is 432 g/mol. The molecule has 1 aromatic carbocycles. The molecule has 2 aromatic rings. The van der Waals surface area contributed by atoms with Gasteiger partial charge in [-0.1, -0.05) is 12.1 Å². The largest absolute Gasteiger partial charge is 0.383 e. The van der Waals surface area contributed by atoms with Gasteiger partial charge >= 0.3 is 0 Å². The Balaban J connectivity index is 1.61. The number of nitrogens with one attached hydrogen (secondary N) is 1. The summed E-state index contributed by atoms with van der Waals surface area (Å²) in [7, 11) is 1.59. The molecule has 0 spiro atoms. The van der Waals surface area contributed by atoms with Gasteiger partial charge in [0.15, 0.2) is 5.13 Å². The molecule has 2 heterocycles. The van der Waals surface area contributed by atoms with E-state index in [0.29, 0.717) is 56.8 Å². The molecule has 0 saturated carbocycles. The summed E-state index contributed by atoms with van der Waals surface area (Å²) < 4.78 is 10.4. The normalized spacial score (nSPS) is 13.9. The van der Waals surface area contributed by atoms with Crippen LogP contribution in [0.4, 0.5) is 10.8 Å². The maximum Gasteiger partial charge on any atom is 0.273 e. The number of thiazole rings is 1. The standard InChI is InChI=1S/C21H28N4O4S/c1-16-4-3-5-17(14-16)22-21-23-18(15-30-21)20(27)25(8-11-28-2)7-6-19(26)24-9-12-29-13-10-24/h3-5,14-15H,6-13H2,1-2H3,(H,22,23). The molecule has 1 fully saturated rings. The number of amides is 2. The van der Waals surface area contributed by atoms with E-state index in [1.54, 1.807) is 22.3 Å². The van der Waals surface area contributed by atoms with Crippen LogP contribution in [0.15, 0.2) is 29.6 Å². The van der Waals surface area contributed by atoms with Crippen LogP contribution in [0.5, 0.6) is 0 Å². The van der Waals surface area contributed by atoms with Gasteiger partial charge in [0.05, 0.1) is 19.8 Å². The summed E-state index contributed by atoms with van der Waals surface area (Å²) in [5, 5.41) is 5.63. The van der Waals surface area contributed by atoms with E-state index in [4.69, 9.17) is 9.47 Å². The molecule has 0 bridgehead atoms. The highest BCUT2D eigenvalue weighted by atomic mass is 32.1. The van der Waals surface area contributed by atoms with Crippen molar-refractivity contribution in [2.75, 3.05) is 58.4 Å². The molecule has 1 aliphatic rings. The van der Waals surface area contributed by atoms with E-state index in [-0.39, 0.29) is 18.2 Å². The van der Waals surface area contributed by atoms with Crippen molar-refractivity contribution in [3.8, 4) is 0 Å². The predicted molar refractivity (Wildman–Crippen MR) is 116 cm³/mol. The first-order chi connectivity index (χ1) is 14.6. The number of nitrogens with zero attached hydrogens (tertiary/aromatic N) is 3. The maximum atomic E-state index is 13.0. The fourth-order valence-electron chi connectivity index (χ4n) is 3.16. The van der Waals surface area contributed by atoms with Crippen molar-refractivity contribution in [3.05, 3.63) is 40.9 Å². The Bertz CT molecular complexity index is 851. The van der Waals surface area contributed by atoms with Gasteiger partial charge in [-0.05, 0) is 24.6 Å². The minimum Gasteiger partial charge on any atom is -0.383 e. The highest BCUT2D eigenvalue weighted by molar-refractivity contribution is 7.14. The predicted octanol–water partition coefficient (Wildman–Crippen LogP) is 2.53. The Morgan fingerprint density at radius 2 is 2.10 bits per heavy atom. The highest BCUT2D eigenvalue weighted by Crippen LogP contribution is 2.22. The van der Waals surface area contributed by atoms with Gasteiger partial charge < -0.3 is 24.6 Å². The van der Waals surface area contributed by atoms with Crippen LogP contribution in [0.2, 0.25) is 0 Å². The zero-order valence-electron chi connectivity index (χ0n) is 17.4. The first kappa shape index (κ1) is 22.2. The lowest BCUT2D eigenvalue weighted by atomic mass is 10.2. The average Bonchev–Trinajstić information content (AvgIpc) is 3.22. The molecule has 1 aromatic heterocycles. The molecule has 3 rings (SSSR count). The van der Waals surface area contributed by atoms with Gasteiger partial charge in [-0.3, -0.25) is 9.59 Å². The molecule has 162 valence electrons. The van der Waals surface area contributed by atoms with Crippen molar-refractivity contribution >= 4 is 34.0 Å². The van der Waals surface area contributed by atoms with E-state index in [2.05, 4.69) is 10.3 Å². The van der Waals surface area contributed by atoms with Gasteiger partial charge in [0.1, 0.15) is 5.69 Å². The quantitative estimate of drug-likeness (QED) is 0.656. The summed E-state index contributed by atoms with van der Waals surface area (Å²) in [6, 6.07) is 7.96. The van der Waals surface area contributed by atoms with Gasteiger partial charge in [0, 0.05) is 50.8 Å². The van der Waals surface area contributed by atoms with Crippen LogP contribution in [0, 0.1) is 6.92 Å². The van der Waals surface area contributed by atoms with Crippen LogP contribution in [-0.2, 0) is 14.3 Å². The van der Waals surface area contributed by atoms with Crippen molar-refractivity contribution < 1.29 is 19.1 Å². The molecular weight excluding hydrogens is 404 g/mol. The third kappa shape index (κ3) is 6.25. The minimum absolute atomic E-state index is 0.0357. The molecule has 30 heavy (non-hydrogen) atoms. The molecule has 0 atom stereocenters. The molecular formula is C21H28N4O4S. The van der Waals surface area contributed by atoms with E-state index >= 15 is 0 Å². The fraction of sp³-hybridized carbons (Fsp3) is 0.476. The second-order valence-electron chi connectivity index (χ2n) is 7.06. The lowest BCUT2D eigenvalue weighted by molar-refractivity contribution is -0.135. The van der Waals surface area contributed by atoms with Gasteiger partial charge in [-0.15, -0.1) is 11.3 Å². The number of morpholine rings is 1. The molecule has 0 radical (unpaired) electrons. The second-order valence-corrected chi connectivity index (χ2v) is 7.92. The summed E-state index contributed by atoms with van der Waals surface area (Å²) in [5.41, 5.74) is 2.43. The Hall–Kier alpha value is -2.49. The molecule has 1 saturated heterocycles. The third-order valence-electron chi connectivity index (χ3n) is 4.80. The molecule has 1 N–H and O–H groups in total. The number of methoxy groups -OCH3 is 1. The van der Waals surface area contributed by atoms with Crippen LogP contribution in [0.25, 0.3) is 0 Å². The van der Waals surface area contributed by atoms with Crippen LogP contribution in [0.3, 0.4) is 0 Å². The van der Waals surface area contributed by atoms with Crippen molar-refractivity contribution in [3.63, 3.8) is 0 Å². The third-order valence-corrected chi connectivity index (χ3v) is 5.56. The summed E-state index contributed by atoms with van der Waals surface area (Å²) in [4.78, 5) is 33.3. The molecule has 0 aliphatic carbocycles. The number of carbonyl (C=O) groups excluding carboxylic acids is 2. The lowest BCUT2D eigenvalue weighted by Gasteiger charge is -2.28. The van der Waals surface area contributed by atoms with E-state index in [9.17, 15) is 9.59 Å². The van der Waals surface area contributed by atoms with Gasteiger partial charge in [-0.25, -0.2) is 4.98 Å². The van der Waals surface area contributed by atoms with E-state index < -0.39 is 0 Å². The smallest absolute Gasteiger partial charge is 0.273 e. The van der Waals surface area contributed by atoms with E-state index in [1.807, 2.05) is 31.2 Å². The number of aromatic nitrogens is 1. The number of hydrogen-bond donors (Lipinski definition) is 1. The topological polar surface area (TPSA) is 84.0 Å². The Morgan fingerprint density at radius 3 is 2.83 bits per heavy atom. The maximum absolute atomic E-state index is 13.0. The SMILES string of the molecule is COCCN(CCC(=O)N1CCOCC1)C(=O)c1csc(Nc2cccc(C)c2)n1. The average molecular weight is 433 g/mol. The summed E-state index contributed by atoms with van der Waals surface area (Å²) in [6.45, 7) is 5.49. The highest BCUT2D eigenvalue weighted by Gasteiger charge is 2.22. The number of anilines is 2. The van der Waals surface area contributed by atoms with Crippen LogP contribution >= 0.6 is 11.3 Å². The number of benzene rings is 1. The van der Waals surface area contributed by atoms with Crippen LogP contribution in [-0.4, -0.2) is 79.7 Å². The first-order valence-corrected chi connectivity index (χ1v) is 10.9. The molecule has 8 nitrogen and oxygen atoms in total. The zero-order chi connectivity index (χ0) is 21.3. The van der Waals surface area contributed by atoms with Crippen molar-refractivity contribution in [2.24, 2.45) is 0 Å². The molecule has 0 unspecified atom stereocenters. The fourth-order valence-corrected chi connectivity index (χ4v) is 3.86. The van der Waals surface area contributed by atoms with Crippen molar-refractivity contribution in [2.45, 2.75) is 13.3 Å². The molecule has 1 aliphatic heterocycles. The Morgan fingerprint density at radius 1 is 1.30 bits per heavy atom. The Labute approximate surface area is 180 Å². The van der Waals surface area contributed by atoms with Crippen molar-refractivity contribution in [1.29, 1.82) is 0 Å². The minimum atomic E-state index is -0.199. The summed E-state index contributed by atoms with van der Waals surface area (Å²) >= 11 is 1.38. The zero-order valence-corrected chi connectivity index (χ0v) is 18.2. The second kappa shape index (κ2) is 11.1. The van der Waals surface area contributed by atoms with Crippen LogP contribution < -0.4 is 5.32 Å². The lowest BCUT2D eigenvalue weighted by Crippen LogP contribution is -2.43. The molecule has 9 heteroatoms. The number of hydrogen-bond acceptors (Lipinski definition) is 7. The van der Waals surface area contributed by atoms with Crippen LogP contribution in [0.1, 0.15) is 22.5 Å². The molecule has 2 amide bonds. The van der Waals surface area contributed by atoms with E-state index in [1.165, 1.54) is 11.3 Å². The first-order valence-electron chi connectivity index (χ1n) is 10.00. The number of carbonyl (C=O) groups is 2. The number of ether oxygens (including phenoxy) is 2. The van der Waals surface area contributed by atoms with Gasteiger partial charge in [-0.2, -0.15) is 0 Å². The van der Waals surface area contributed by atoms with Gasteiger partial charge in [0.2, 0.25) is 5.91 Å². The number of rotatable bonds is 9. The van der Waals surface area contributed by atoms with Crippen molar-refractivity contribution in [1.82, 2.24) is 14.8 Å².